The van der Waals surface area contributed by atoms with Crippen LogP contribution in [0.15, 0.2) is 69.9 Å². The summed E-state index contributed by atoms with van der Waals surface area (Å²) >= 11 is 0. The zero-order chi connectivity index (χ0) is 27.9. The molecule has 6 nitrogen and oxygen atoms in total. The summed E-state index contributed by atoms with van der Waals surface area (Å²) in [5.74, 6) is -0.0330. The van der Waals surface area contributed by atoms with Gasteiger partial charge >= 0.3 is 6.18 Å². The van der Waals surface area contributed by atoms with Crippen LogP contribution in [-0.4, -0.2) is 19.1 Å². The second-order valence-electron chi connectivity index (χ2n) is 9.29. The minimum absolute atomic E-state index is 0.0184. The molecule has 0 spiro atoms. The van der Waals surface area contributed by atoms with Gasteiger partial charge in [-0.05, 0) is 68.3 Å². The number of hydrogen-bond acceptors (Lipinski definition) is 5. The molecule has 0 radical (unpaired) electrons. The summed E-state index contributed by atoms with van der Waals surface area (Å²) in [7, 11) is 0. The first-order valence-corrected chi connectivity index (χ1v) is 12.6. The molecule has 202 valence electrons. The van der Waals surface area contributed by atoms with E-state index in [1.807, 2.05) is 20.8 Å². The van der Waals surface area contributed by atoms with Gasteiger partial charge in [0.25, 0.3) is 5.91 Å². The van der Waals surface area contributed by atoms with E-state index >= 15 is 0 Å². The smallest absolute Gasteiger partial charge is 0.416 e. The highest BCUT2D eigenvalue weighted by atomic mass is 19.4. The second-order valence-corrected chi connectivity index (χ2v) is 9.29. The lowest BCUT2D eigenvalue weighted by Crippen LogP contribution is -2.29. The molecule has 1 aliphatic heterocycles. The van der Waals surface area contributed by atoms with Crippen LogP contribution in [0.2, 0.25) is 0 Å². The van der Waals surface area contributed by atoms with E-state index in [4.69, 9.17) is 13.9 Å². The van der Waals surface area contributed by atoms with Crippen molar-refractivity contribution in [2.45, 2.75) is 39.4 Å². The average Bonchev–Trinajstić information content (AvgIpc) is 3.20. The quantitative estimate of drug-likeness (QED) is 0.253. The molecular weight excluding hydrogens is 511 g/mol. The third-order valence-electron chi connectivity index (χ3n) is 6.52. The number of anilines is 1. The van der Waals surface area contributed by atoms with E-state index in [-0.39, 0.29) is 28.0 Å². The van der Waals surface area contributed by atoms with Crippen LogP contribution in [0.5, 0.6) is 11.5 Å². The molecule has 1 unspecified atom stereocenters. The molecule has 0 bridgehead atoms. The first-order valence-electron chi connectivity index (χ1n) is 12.6. The van der Waals surface area contributed by atoms with Crippen molar-refractivity contribution in [3.8, 4) is 11.5 Å². The molecule has 3 aromatic carbocycles. The number of rotatable bonds is 7. The number of nitrogens with zero attached hydrogens (tertiary/aromatic N) is 1. The largest absolute Gasteiger partial charge is 0.490 e. The molecule has 9 heteroatoms. The van der Waals surface area contributed by atoms with Crippen molar-refractivity contribution in [3.63, 3.8) is 0 Å². The first kappa shape index (κ1) is 26.3. The maximum atomic E-state index is 13.8. The fraction of sp³-hybridized carbons (Fsp3) is 0.267. The minimum atomic E-state index is -4.62. The predicted molar refractivity (Wildman–Crippen MR) is 141 cm³/mol. The van der Waals surface area contributed by atoms with Gasteiger partial charge in [0.15, 0.2) is 16.9 Å². The molecule has 1 aliphatic rings. The third-order valence-corrected chi connectivity index (χ3v) is 6.52. The van der Waals surface area contributed by atoms with Gasteiger partial charge in [-0.15, -0.1) is 0 Å². The molecule has 2 heterocycles. The van der Waals surface area contributed by atoms with E-state index < -0.39 is 29.1 Å². The van der Waals surface area contributed by atoms with Crippen LogP contribution in [-0.2, 0) is 6.18 Å². The van der Waals surface area contributed by atoms with Crippen LogP contribution >= 0.6 is 0 Å². The van der Waals surface area contributed by atoms with Gasteiger partial charge in [0.2, 0.25) is 5.76 Å². The summed E-state index contributed by atoms with van der Waals surface area (Å²) in [6.45, 7) is 6.38. The molecule has 5 rings (SSSR count). The summed E-state index contributed by atoms with van der Waals surface area (Å²) < 4.78 is 58.3. The van der Waals surface area contributed by atoms with Crippen LogP contribution < -0.4 is 19.8 Å². The summed E-state index contributed by atoms with van der Waals surface area (Å²) in [6, 6.07) is 13.4. The van der Waals surface area contributed by atoms with Crippen LogP contribution in [0, 0.1) is 6.92 Å². The lowest BCUT2D eigenvalue weighted by atomic mass is 9.97. The molecule has 0 fully saturated rings. The topological polar surface area (TPSA) is 69.0 Å². The lowest BCUT2D eigenvalue weighted by Gasteiger charge is -2.26. The zero-order valence-corrected chi connectivity index (χ0v) is 21.6. The van der Waals surface area contributed by atoms with Crippen molar-refractivity contribution in [1.29, 1.82) is 0 Å². The van der Waals surface area contributed by atoms with Gasteiger partial charge in [-0.3, -0.25) is 14.5 Å². The van der Waals surface area contributed by atoms with E-state index in [2.05, 4.69) is 0 Å². The SMILES string of the molecule is CCCOc1ccc(C2c3c(oc4ccc(C)cc4c3=O)C(=O)N2c2cccc(C(F)(F)F)c2)cc1OCC. The van der Waals surface area contributed by atoms with Crippen molar-refractivity contribution in [2.24, 2.45) is 0 Å². The van der Waals surface area contributed by atoms with Crippen molar-refractivity contribution in [3.05, 3.63) is 98.9 Å². The summed E-state index contributed by atoms with van der Waals surface area (Å²) in [4.78, 5) is 28.8. The van der Waals surface area contributed by atoms with Gasteiger partial charge in [0.05, 0.1) is 35.8 Å². The summed E-state index contributed by atoms with van der Waals surface area (Å²) in [5.41, 5.74) is 0.205. The van der Waals surface area contributed by atoms with Crippen LogP contribution in [0.3, 0.4) is 0 Å². The van der Waals surface area contributed by atoms with E-state index in [9.17, 15) is 22.8 Å². The van der Waals surface area contributed by atoms with Gasteiger partial charge in [-0.1, -0.05) is 30.7 Å². The van der Waals surface area contributed by atoms with Gasteiger partial charge in [-0.25, -0.2) is 0 Å². The summed E-state index contributed by atoms with van der Waals surface area (Å²) in [5, 5.41) is 0.283. The Balaban J connectivity index is 1.76. The van der Waals surface area contributed by atoms with E-state index in [0.717, 1.165) is 24.1 Å². The fourth-order valence-corrected chi connectivity index (χ4v) is 4.79. The Labute approximate surface area is 222 Å². The molecular formula is C30H26F3NO5. The summed E-state index contributed by atoms with van der Waals surface area (Å²) in [6.07, 6.45) is -3.85. The molecule has 0 saturated heterocycles. The van der Waals surface area contributed by atoms with Crippen LogP contribution in [0.4, 0.5) is 18.9 Å². The number of amides is 1. The number of halogens is 3. The van der Waals surface area contributed by atoms with Crippen molar-refractivity contribution in [2.75, 3.05) is 18.1 Å². The lowest BCUT2D eigenvalue weighted by molar-refractivity contribution is -0.137. The highest BCUT2D eigenvalue weighted by Crippen LogP contribution is 2.44. The highest BCUT2D eigenvalue weighted by Gasteiger charge is 2.44. The van der Waals surface area contributed by atoms with Crippen molar-refractivity contribution in [1.82, 2.24) is 0 Å². The molecule has 0 aliphatic carbocycles. The van der Waals surface area contributed by atoms with Gasteiger partial charge in [0.1, 0.15) is 5.58 Å². The maximum absolute atomic E-state index is 13.8. The van der Waals surface area contributed by atoms with Crippen molar-refractivity contribution >= 4 is 22.6 Å². The normalized spacial score (nSPS) is 15.1. The number of benzene rings is 3. The number of carbonyl (C=O) groups excluding carboxylic acids is 1. The highest BCUT2D eigenvalue weighted by molar-refractivity contribution is 6.10. The number of ether oxygens (including phenoxy) is 2. The molecule has 0 saturated carbocycles. The Hall–Kier alpha value is -4.27. The van der Waals surface area contributed by atoms with E-state index in [1.165, 1.54) is 17.0 Å². The fourth-order valence-electron chi connectivity index (χ4n) is 4.79. The maximum Gasteiger partial charge on any atom is 0.416 e. The monoisotopic (exact) mass is 537 g/mol. The number of aryl methyl sites for hydroxylation is 1. The second kappa shape index (κ2) is 10.1. The number of carbonyl (C=O) groups is 1. The predicted octanol–water partition coefficient (Wildman–Crippen LogP) is 7.06. The van der Waals surface area contributed by atoms with Crippen LogP contribution in [0.1, 0.15) is 59.1 Å². The average molecular weight is 538 g/mol. The Morgan fingerprint density at radius 1 is 0.949 bits per heavy atom. The Kier molecular flexibility index (Phi) is 6.84. The van der Waals surface area contributed by atoms with E-state index in [0.29, 0.717) is 30.3 Å². The van der Waals surface area contributed by atoms with Crippen LogP contribution in [0.25, 0.3) is 11.0 Å². The molecule has 0 N–H and O–H groups in total. The molecule has 1 aromatic heterocycles. The van der Waals surface area contributed by atoms with E-state index in [1.54, 1.807) is 36.4 Å². The van der Waals surface area contributed by atoms with Crippen molar-refractivity contribution < 1.29 is 31.9 Å². The third kappa shape index (κ3) is 4.73. The van der Waals surface area contributed by atoms with Gasteiger partial charge < -0.3 is 13.9 Å². The number of alkyl halides is 3. The standard InChI is InChI=1S/C30H26F3NO5/c1-4-13-38-23-12-10-18(15-24(23)37-5-2)26-25-27(35)21-14-17(3)9-11-22(21)39-28(25)29(36)34(26)20-8-6-7-19(16-20)30(31,32)33/h6-12,14-16,26H,4-5,13H2,1-3H3. The number of hydrogen-bond donors (Lipinski definition) is 0. The Bertz CT molecular complexity index is 1630. The first-order chi connectivity index (χ1) is 18.6. The molecule has 39 heavy (non-hydrogen) atoms. The molecule has 1 amide bonds. The minimum Gasteiger partial charge on any atom is -0.490 e. The van der Waals surface area contributed by atoms with Gasteiger partial charge in [-0.2, -0.15) is 13.2 Å². The Morgan fingerprint density at radius 2 is 1.74 bits per heavy atom. The van der Waals surface area contributed by atoms with Gasteiger partial charge in [0, 0.05) is 5.69 Å². The zero-order valence-electron chi connectivity index (χ0n) is 21.6. The molecule has 4 aromatic rings. The Morgan fingerprint density at radius 3 is 2.46 bits per heavy atom. The molecule has 1 atom stereocenters. The number of fused-ring (bicyclic) bond motifs is 2.